The topological polar surface area (TPSA) is 124 Å². The highest BCUT2D eigenvalue weighted by molar-refractivity contribution is 7.88. The van der Waals surface area contributed by atoms with Crippen LogP contribution >= 0.6 is 0 Å². The van der Waals surface area contributed by atoms with Crippen LogP contribution in [0.5, 0.6) is 0 Å². The van der Waals surface area contributed by atoms with Crippen molar-refractivity contribution >= 4 is 21.6 Å². The molecular formula is C12H18N4O4S. The van der Waals surface area contributed by atoms with E-state index in [1.807, 2.05) is 0 Å². The van der Waals surface area contributed by atoms with Gasteiger partial charge in [-0.15, -0.1) is 0 Å². The lowest BCUT2D eigenvalue weighted by Crippen LogP contribution is -2.23. The zero-order valence-electron chi connectivity index (χ0n) is 12.1. The van der Waals surface area contributed by atoms with E-state index in [-0.39, 0.29) is 28.8 Å². The Balaban J connectivity index is 3.23. The molecule has 0 amide bonds. The largest absolute Gasteiger partial charge is 0.394 e. The summed E-state index contributed by atoms with van der Waals surface area (Å²) in [5.74, 6) is -0.682. The van der Waals surface area contributed by atoms with Gasteiger partial charge in [0.1, 0.15) is 18.0 Å². The average molecular weight is 314 g/mol. The van der Waals surface area contributed by atoms with Crippen molar-refractivity contribution in [3.8, 4) is 0 Å². The van der Waals surface area contributed by atoms with Crippen molar-refractivity contribution in [2.24, 2.45) is 10.9 Å². The lowest BCUT2D eigenvalue weighted by molar-refractivity contribution is 0.101. The van der Waals surface area contributed by atoms with Gasteiger partial charge in [-0.2, -0.15) is 0 Å². The molecule has 0 fully saturated rings. The van der Waals surface area contributed by atoms with Gasteiger partial charge >= 0.3 is 0 Å². The third kappa shape index (κ3) is 4.80. The third-order valence-corrected chi connectivity index (χ3v) is 3.84. The highest BCUT2D eigenvalue weighted by Gasteiger charge is 2.17. The Labute approximate surface area is 123 Å². The van der Waals surface area contributed by atoms with Gasteiger partial charge in [0.05, 0.1) is 5.75 Å². The summed E-state index contributed by atoms with van der Waals surface area (Å²) in [7, 11) is -2.20. The molecule has 1 aromatic rings. The number of carbonyl (C=O) groups excluding carboxylic acids is 1. The number of pyridine rings is 1. The zero-order valence-corrected chi connectivity index (χ0v) is 12.9. The van der Waals surface area contributed by atoms with Crippen LogP contribution < -0.4 is 10.5 Å². The van der Waals surface area contributed by atoms with Gasteiger partial charge in [0.25, 0.3) is 0 Å². The maximum Gasteiger partial charge on any atom is 0.215 e. The molecule has 0 saturated carbocycles. The molecule has 0 aromatic carbocycles. The van der Waals surface area contributed by atoms with Crippen molar-refractivity contribution in [2.45, 2.75) is 19.6 Å². The van der Waals surface area contributed by atoms with Crippen molar-refractivity contribution in [1.29, 1.82) is 0 Å². The molecule has 1 heterocycles. The van der Waals surface area contributed by atoms with Crippen LogP contribution in [0.2, 0.25) is 0 Å². The molecule has 0 unspecified atom stereocenters. The molecule has 0 bridgehead atoms. The fraction of sp³-hybridized carbons (Fsp3) is 0.417. The van der Waals surface area contributed by atoms with E-state index in [4.69, 9.17) is 10.6 Å². The number of nitrogens with one attached hydrogen (secondary N) is 1. The minimum atomic E-state index is -3.50. The summed E-state index contributed by atoms with van der Waals surface area (Å²) >= 11 is 0. The van der Waals surface area contributed by atoms with Gasteiger partial charge in [-0.05, 0) is 25.6 Å². The third-order valence-electron chi connectivity index (χ3n) is 2.52. The van der Waals surface area contributed by atoms with Crippen molar-refractivity contribution < 1.29 is 18.0 Å². The fourth-order valence-electron chi connectivity index (χ4n) is 1.51. The number of hydrogen-bond acceptors (Lipinski definition) is 6. The predicted molar refractivity (Wildman–Crippen MR) is 78.3 cm³/mol. The van der Waals surface area contributed by atoms with Gasteiger partial charge in [-0.1, -0.05) is 11.2 Å². The van der Waals surface area contributed by atoms with Gasteiger partial charge in [0.15, 0.2) is 11.6 Å². The lowest BCUT2D eigenvalue weighted by atomic mass is 10.1. The van der Waals surface area contributed by atoms with Crippen LogP contribution in [0.15, 0.2) is 17.3 Å². The number of nitrogens with two attached hydrogens (primary N) is 1. The molecule has 3 N–H and O–H groups in total. The molecule has 0 atom stereocenters. The van der Waals surface area contributed by atoms with Crippen molar-refractivity contribution in [1.82, 2.24) is 9.71 Å². The predicted octanol–water partition coefficient (Wildman–Crippen LogP) is -0.00980. The molecule has 0 aliphatic rings. The second-order valence-corrected chi connectivity index (χ2v) is 6.04. The normalized spacial score (nSPS) is 12.2. The van der Waals surface area contributed by atoms with E-state index < -0.39 is 10.0 Å². The fourth-order valence-corrected chi connectivity index (χ4v) is 2.30. The van der Waals surface area contributed by atoms with Gasteiger partial charge in [-0.3, -0.25) is 4.79 Å². The molecule has 0 radical (unpaired) electrons. The Kier molecular flexibility index (Phi) is 5.79. The Morgan fingerprint density at radius 2 is 2.14 bits per heavy atom. The molecule has 0 saturated heterocycles. The van der Waals surface area contributed by atoms with E-state index in [0.717, 1.165) is 0 Å². The summed E-state index contributed by atoms with van der Waals surface area (Å²) < 4.78 is 25.4. The number of rotatable bonds is 7. The van der Waals surface area contributed by atoms with E-state index in [1.165, 1.54) is 26.1 Å². The number of ketones is 1. The first-order valence-electron chi connectivity index (χ1n) is 6.18. The van der Waals surface area contributed by atoms with E-state index in [0.29, 0.717) is 12.2 Å². The minimum absolute atomic E-state index is 0.0161. The second-order valence-electron chi connectivity index (χ2n) is 4.12. The molecule has 0 spiro atoms. The maximum atomic E-state index is 11.6. The average Bonchev–Trinajstić information content (AvgIpc) is 2.44. The summed E-state index contributed by atoms with van der Waals surface area (Å²) in [5.41, 5.74) is 6.26. The highest BCUT2D eigenvalue weighted by atomic mass is 32.2. The molecule has 8 nitrogen and oxygen atoms in total. The molecule has 0 aliphatic carbocycles. The lowest BCUT2D eigenvalue weighted by Gasteiger charge is -2.09. The Hall–Kier alpha value is -2.00. The van der Waals surface area contributed by atoms with Gasteiger partial charge < -0.3 is 10.6 Å². The zero-order chi connectivity index (χ0) is 16.0. The first-order chi connectivity index (χ1) is 9.80. The number of Topliss-reactive ketones (excluding diaryl/α,β-unsaturated/α-hetero) is 1. The Morgan fingerprint density at radius 1 is 1.48 bits per heavy atom. The summed E-state index contributed by atoms with van der Waals surface area (Å²) in [6.07, 6.45) is 0. The Bertz CT molecular complexity index is 655. The van der Waals surface area contributed by atoms with Crippen LogP contribution in [0.1, 0.15) is 35.6 Å². The number of carbonyl (C=O) groups is 1. The van der Waals surface area contributed by atoms with Crippen LogP contribution in [0, 0.1) is 0 Å². The summed E-state index contributed by atoms with van der Waals surface area (Å²) in [4.78, 5) is 20.5. The number of sulfonamides is 1. The SMILES string of the molecule is CCO/N=C(\N)c1ccc(CS(=O)(=O)NC)c(C(C)=O)n1. The van der Waals surface area contributed by atoms with E-state index in [1.54, 1.807) is 6.92 Å². The number of nitrogens with zero attached hydrogens (tertiary/aromatic N) is 2. The number of oxime groups is 1. The van der Waals surface area contributed by atoms with E-state index in [2.05, 4.69) is 14.9 Å². The van der Waals surface area contributed by atoms with Gasteiger partial charge in [-0.25, -0.2) is 18.1 Å². The van der Waals surface area contributed by atoms with Crippen LogP contribution in [-0.4, -0.2) is 38.7 Å². The number of amidine groups is 1. The van der Waals surface area contributed by atoms with E-state index in [9.17, 15) is 13.2 Å². The standard InChI is InChI=1S/C12H18N4O4S/c1-4-20-16-12(13)10-6-5-9(7-21(18,19)14-3)11(15-10)8(2)17/h5-6,14H,4,7H2,1-3H3,(H2,13,16). The monoisotopic (exact) mass is 314 g/mol. The molecule has 1 aromatic heterocycles. The van der Waals surface area contributed by atoms with Gasteiger partial charge in [0, 0.05) is 6.92 Å². The number of hydrogen-bond donors (Lipinski definition) is 2. The minimum Gasteiger partial charge on any atom is -0.394 e. The molecule has 9 heteroatoms. The molecule has 21 heavy (non-hydrogen) atoms. The first kappa shape index (κ1) is 17.1. The molecule has 1 rings (SSSR count). The smallest absolute Gasteiger partial charge is 0.215 e. The Morgan fingerprint density at radius 3 is 2.67 bits per heavy atom. The van der Waals surface area contributed by atoms with Gasteiger partial charge in [0.2, 0.25) is 10.0 Å². The van der Waals surface area contributed by atoms with Crippen LogP contribution in [0.4, 0.5) is 0 Å². The number of aromatic nitrogens is 1. The van der Waals surface area contributed by atoms with Crippen molar-refractivity contribution in [2.75, 3.05) is 13.7 Å². The van der Waals surface area contributed by atoms with E-state index >= 15 is 0 Å². The van der Waals surface area contributed by atoms with Crippen molar-refractivity contribution in [3.63, 3.8) is 0 Å². The quantitative estimate of drug-likeness (QED) is 0.316. The maximum absolute atomic E-state index is 11.6. The highest BCUT2D eigenvalue weighted by Crippen LogP contribution is 2.12. The second kappa shape index (κ2) is 7.14. The first-order valence-corrected chi connectivity index (χ1v) is 7.83. The summed E-state index contributed by atoms with van der Waals surface area (Å²) in [6.45, 7) is 3.40. The van der Waals surface area contributed by atoms with Crippen LogP contribution in [0.25, 0.3) is 0 Å². The van der Waals surface area contributed by atoms with Crippen LogP contribution in [-0.2, 0) is 20.6 Å². The summed E-state index contributed by atoms with van der Waals surface area (Å²) in [5, 5.41) is 3.62. The molecule has 0 aliphatic heterocycles. The molecular weight excluding hydrogens is 296 g/mol. The van der Waals surface area contributed by atoms with Crippen molar-refractivity contribution in [3.05, 3.63) is 29.1 Å². The molecule has 116 valence electrons. The summed E-state index contributed by atoms with van der Waals surface area (Å²) in [6, 6.07) is 2.98. The van der Waals surface area contributed by atoms with Crippen LogP contribution in [0.3, 0.4) is 0 Å².